The van der Waals surface area contributed by atoms with Gasteiger partial charge in [0.2, 0.25) is 0 Å². The van der Waals surface area contributed by atoms with Gasteiger partial charge in [-0.05, 0) is 24.3 Å². The highest BCUT2D eigenvalue weighted by molar-refractivity contribution is 7.94. The Morgan fingerprint density at radius 2 is 1.83 bits per heavy atom. The molecule has 0 radical (unpaired) electrons. The highest BCUT2D eigenvalue weighted by Crippen LogP contribution is 2.27. The van der Waals surface area contributed by atoms with Crippen molar-refractivity contribution in [2.75, 3.05) is 11.4 Å². The van der Waals surface area contributed by atoms with E-state index in [1.807, 2.05) is 6.07 Å². The molecule has 1 aromatic carbocycles. The summed E-state index contributed by atoms with van der Waals surface area (Å²) in [6.07, 6.45) is 0. The summed E-state index contributed by atoms with van der Waals surface area (Å²) in [6, 6.07) is 12.0. The Kier molecular flexibility index (Phi) is 3.70. The van der Waals surface area contributed by atoms with Crippen molar-refractivity contribution in [3.63, 3.8) is 0 Å². The molecule has 4 nitrogen and oxygen atoms in total. The van der Waals surface area contributed by atoms with Crippen LogP contribution >= 0.6 is 11.3 Å². The molecule has 1 aromatic heterocycles. The zero-order valence-corrected chi connectivity index (χ0v) is 11.4. The second kappa shape index (κ2) is 5.09. The normalized spacial score (nSPS) is 11.4. The van der Waals surface area contributed by atoms with Crippen molar-refractivity contribution in [1.29, 1.82) is 0 Å². The topological polar surface area (TPSA) is 57.6 Å². The molecule has 1 heterocycles. The van der Waals surface area contributed by atoms with Gasteiger partial charge in [-0.3, -0.25) is 4.31 Å². The van der Waals surface area contributed by atoms with Gasteiger partial charge in [-0.25, -0.2) is 8.42 Å². The summed E-state index contributed by atoms with van der Waals surface area (Å²) in [5.74, 6) is 0. The van der Waals surface area contributed by atoms with Gasteiger partial charge in [0.15, 0.2) is 0 Å². The number of sulfonamides is 1. The SMILES string of the molecule is CN(c1ccccc1)S(=O)(=O)c1ccc(CO)s1. The second-order valence-electron chi connectivity index (χ2n) is 3.69. The van der Waals surface area contributed by atoms with Crippen molar-refractivity contribution in [1.82, 2.24) is 0 Å². The molecule has 0 aliphatic rings. The molecule has 0 aliphatic carbocycles. The molecule has 2 rings (SSSR count). The maximum absolute atomic E-state index is 12.3. The van der Waals surface area contributed by atoms with E-state index >= 15 is 0 Å². The van der Waals surface area contributed by atoms with Gasteiger partial charge in [0.05, 0.1) is 12.3 Å². The first-order valence-corrected chi connectivity index (χ1v) is 7.55. The average Bonchev–Trinajstić information content (AvgIpc) is 2.88. The summed E-state index contributed by atoms with van der Waals surface area (Å²) in [5.41, 5.74) is 0.608. The number of aliphatic hydroxyl groups excluding tert-OH is 1. The molecular formula is C12H13NO3S2. The highest BCUT2D eigenvalue weighted by Gasteiger charge is 2.22. The van der Waals surface area contributed by atoms with Crippen LogP contribution in [0.2, 0.25) is 0 Å². The quantitative estimate of drug-likeness (QED) is 0.934. The fourth-order valence-electron chi connectivity index (χ4n) is 1.49. The standard InChI is InChI=1S/C12H13NO3S2/c1-13(10-5-3-2-4-6-10)18(15,16)12-8-7-11(9-14)17-12/h2-8,14H,9H2,1H3. The van der Waals surface area contributed by atoms with Crippen molar-refractivity contribution in [3.8, 4) is 0 Å². The van der Waals surface area contributed by atoms with E-state index < -0.39 is 10.0 Å². The molecular weight excluding hydrogens is 270 g/mol. The van der Waals surface area contributed by atoms with E-state index in [2.05, 4.69) is 0 Å². The molecule has 0 saturated carbocycles. The summed E-state index contributed by atoms with van der Waals surface area (Å²) >= 11 is 1.08. The lowest BCUT2D eigenvalue weighted by molar-refractivity contribution is 0.285. The summed E-state index contributed by atoms with van der Waals surface area (Å²) in [5, 5.41) is 8.97. The third kappa shape index (κ3) is 2.40. The number of rotatable bonds is 4. The number of anilines is 1. The van der Waals surface area contributed by atoms with E-state index in [1.165, 1.54) is 17.4 Å². The Labute approximate surface area is 110 Å². The molecule has 0 spiro atoms. The number of nitrogens with zero attached hydrogens (tertiary/aromatic N) is 1. The molecule has 2 aromatic rings. The minimum Gasteiger partial charge on any atom is -0.391 e. The van der Waals surface area contributed by atoms with Gasteiger partial charge in [-0.2, -0.15) is 0 Å². The monoisotopic (exact) mass is 283 g/mol. The zero-order chi connectivity index (χ0) is 13.2. The van der Waals surface area contributed by atoms with Crippen molar-refractivity contribution in [3.05, 3.63) is 47.3 Å². The van der Waals surface area contributed by atoms with Crippen molar-refractivity contribution in [2.45, 2.75) is 10.8 Å². The maximum Gasteiger partial charge on any atom is 0.273 e. The largest absolute Gasteiger partial charge is 0.391 e. The van der Waals surface area contributed by atoms with Crippen LogP contribution in [0, 0.1) is 0 Å². The van der Waals surface area contributed by atoms with Crippen LogP contribution in [0.3, 0.4) is 0 Å². The van der Waals surface area contributed by atoms with Gasteiger partial charge >= 0.3 is 0 Å². The lowest BCUT2D eigenvalue weighted by Gasteiger charge is -2.18. The molecule has 0 aliphatic heterocycles. The van der Waals surface area contributed by atoms with Crippen LogP contribution in [0.5, 0.6) is 0 Å². The van der Waals surface area contributed by atoms with Gasteiger partial charge in [0.1, 0.15) is 4.21 Å². The van der Waals surface area contributed by atoms with Crippen molar-refractivity contribution >= 4 is 27.0 Å². The van der Waals surface area contributed by atoms with Crippen LogP contribution in [0.4, 0.5) is 5.69 Å². The minimum atomic E-state index is -3.54. The third-order valence-corrected chi connectivity index (χ3v) is 5.85. The van der Waals surface area contributed by atoms with Gasteiger partial charge in [-0.15, -0.1) is 11.3 Å². The van der Waals surface area contributed by atoms with E-state index in [0.29, 0.717) is 10.6 Å². The van der Waals surface area contributed by atoms with E-state index in [4.69, 9.17) is 5.11 Å². The summed E-state index contributed by atoms with van der Waals surface area (Å²) in [7, 11) is -2.02. The lowest BCUT2D eigenvalue weighted by Crippen LogP contribution is -2.25. The Morgan fingerprint density at radius 3 is 2.39 bits per heavy atom. The van der Waals surface area contributed by atoms with Gasteiger partial charge in [0, 0.05) is 11.9 Å². The number of hydrogen-bond donors (Lipinski definition) is 1. The predicted molar refractivity (Wildman–Crippen MR) is 72.3 cm³/mol. The Balaban J connectivity index is 2.37. The maximum atomic E-state index is 12.3. The first-order chi connectivity index (χ1) is 8.55. The number of hydrogen-bond acceptors (Lipinski definition) is 4. The summed E-state index contributed by atoms with van der Waals surface area (Å²) < 4.78 is 26.1. The molecule has 0 atom stereocenters. The Morgan fingerprint density at radius 1 is 1.17 bits per heavy atom. The van der Waals surface area contributed by atoms with Crippen molar-refractivity contribution in [2.24, 2.45) is 0 Å². The highest BCUT2D eigenvalue weighted by atomic mass is 32.2. The number of aliphatic hydroxyl groups is 1. The third-order valence-electron chi connectivity index (χ3n) is 2.53. The van der Waals surface area contributed by atoms with E-state index in [-0.39, 0.29) is 10.8 Å². The van der Waals surface area contributed by atoms with Crippen LogP contribution in [-0.4, -0.2) is 20.6 Å². The Bertz CT molecular complexity index is 620. The van der Waals surface area contributed by atoms with Gasteiger partial charge < -0.3 is 5.11 Å². The number of para-hydroxylation sites is 1. The lowest BCUT2D eigenvalue weighted by atomic mass is 10.3. The Hall–Kier alpha value is -1.37. The van der Waals surface area contributed by atoms with Gasteiger partial charge in [-0.1, -0.05) is 18.2 Å². The first kappa shape index (κ1) is 13.1. The summed E-state index contributed by atoms with van der Waals surface area (Å²) in [4.78, 5) is 0.634. The molecule has 0 unspecified atom stereocenters. The van der Waals surface area contributed by atoms with E-state index in [0.717, 1.165) is 11.3 Å². The molecule has 0 amide bonds. The number of benzene rings is 1. The van der Waals surface area contributed by atoms with Crippen LogP contribution in [0.1, 0.15) is 4.88 Å². The van der Waals surface area contributed by atoms with Crippen molar-refractivity contribution < 1.29 is 13.5 Å². The predicted octanol–water partition coefficient (Wildman–Crippen LogP) is 2.07. The molecule has 6 heteroatoms. The average molecular weight is 283 g/mol. The van der Waals surface area contributed by atoms with Gasteiger partial charge in [0.25, 0.3) is 10.0 Å². The summed E-state index contributed by atoms with van der Waals surface area (Å²) in [6.45, 7) is -0.144. The van der Waals surface area contributed by atoms with Crippen LogP contribution in [-0.2, 0) is 16.6 Å². The van der Waals surface area contributed by atoms with Crippen LogP contribution in [0.25, 0.3) is 0 Å². The fourth-order valence-corrected chi connectivity index (χ4v) is 4.08. The molecule has 0 fully saturated rings. The first-order valence-electron chi connectivity index (χ1n) is 5.29. The zero-order valence-electron chi connectivity index (χ0n) is 9.78. The van der Waals surface area contributed by atoms with Crippen LogP contribution < -0.4 is 4.31 Å². The molecule has 96 valence electrons. The van der Waals surface area contributed by atoms with E-state index in [9.17, 15) is 8.42 Å². The van der Waals surface area contributed by atoms with Crippen LogP contribution in [0.15, 0.2) is 46.7 Å². The number of thiophene rings is 1. The smallest absolute Gasteiger partial charge is 0.273 e. The second-order valence-corrected chi connectivity index (χ2v) is 7.05. The fraction of sp³-hybridized carbons (Fsp3) is 0.167. The van der Waals surface area contributed by atoms with E-state index in [1.54, 1.807) is 30.3 Å². The molecule has 1 N–H and O–H groups in total. The molecule has 18 heavy (non-hydrogen) atoms. The molecule has 0 bridgehead atoms. The minimum absolute atomic E-state index is 0.144. The molecule has 0 saturated heterocycles.